The van der Waals surface area contributed by atoms with Crippen LogP contribution in [0.1, 0.15) is 19.4 Å². The first-order valence-corrected chi connectivity index (χ1v) is 12.6. The molecule has 0 saturated carbocycles. The lowest BCUT2D eigenvalue weighted by molar-refractivity contribution is 0.407. The number of piperazine rings is 1. The average molecular weight is 460 g/mol. The number of halogens is 1. The van der Waals surface area contributed by atoms with E-state index in [2.05, 4.69) is 28.8 Å². The van der Waals surface area contributed by atoms with E-state index < -0.39 is 15.8 Å². The average Bonchev–Trinajstić information content (AvgIpc) is 3.23. The van der Waals surface area contributed by atoms with E-state index in [1.807, 2.05) is 23.6 Å². The summed E-state index contributed by atoms with van der Waals surface area (Å²) in [7, 11) is -3.94. The van der Waals surface area contributed by atoms with Gasteiger partial charge in [-0.1, -0.05) is 12.1 Å². The lowest BCUT2D eigenvalue weighted by atomic mass is 10.1. The molecule has 3 aromatic rings. The van der Waals surface area contributed by atoms with Crippen molar-refractivity contribution >= 4 is 32.7 Å². The molecule has 0 radical (unpaired) electrons. The van der Waals surface area contributed by atoms with Crippen LogP contribution >= 0.6 is 11.3 Å². The van der Waals surface area contributed by atoms with Crippen molar-refractivity contribution in [2.24, 2.45) is 0 Å². The van der Waals surface area contributed by atoms with Crippen molar-refractivity contribution in [1.82, 2.24) is 5.32 Å². The number of thiophene rings is 1. The Balaban J connectivity index is 1.61. The van der Waals surface area contributed by atoms with Crippen LogP contribution in [-0.2, 0) is 10.0 Å². The molecule has 2 aromatic carbocycles. The van der Waals surface area contributed by atoms with Crippen molar-refractivity contribution in [1.29, 1.82) is 0 Å². The second-order valence-electron chi connectivity index (χ2n) is 8.10. The molecule has 1 aliphatic heterocycles. The zero-order valence-electron chi connectivity index (χ0n) is 17.7. The molecule has 31 heavy (non-hydrogen) atoms. The molecule has 5 nitrogen and oxygen atoms in total. The van der Waals surface area contributed by atoms with Gasteiger partial charge in [0.2, 0.25) is 0 Å². The van der Waals surface area contributed by atoms with Gasteiger partial charge in [-0.3, -0.25) is 4.72 Å². The summed E-state index contributed by atoms with van der Waals surface area (Å²) in [5.74, 6) is -0.601. The number of hydrogen-bond donors (Lipinski definition) is 2. The second-order valence-corrected chi connectivity index (χ2v) is 10.7. The monoisotopic (exact) mass is 459 g/mol. The molecule has 4 rings (SSSR count). The number of anilines is 2. The number of sulfonamides is 1. The Labute approximate surface area is 187 Å². The molecule has 0 bridgehead atoms. The van der Waals surface area contributed by atoms with Crippen LogP contribution in [0.3, 0.4) is 0 Å². The fraction of sp³-hybridized carbons (Fsp3) is 0.304. The van der Waals surface area contributed by atoms with Gasteiger partial charge in [0.15, 0.2) is 0 Å². The molecular formula is C23H26FN3O2S2. The molecule has 2 atom stereocenters. The highest BCUT2D eigenvalue weighted by atomic mass is 32.2. The minimum Gasteiger partial charge on any atom is -0.368 e. The predicted molar refractivity (Wildman–Crippen MR) is 126 cm³/mol. The van der Waals surface area contributed by atoms with Crippen molar-refractivity contribution in [3.05, 3.63) is 65.3 Å². The fourth-order valence-electron chi connectivity index (χ4n) is 4.07. The molecule has 1 aliphatic rings. The lowest BCUT2D eigenvalue weighted by Gasteiger charge is -2.37. The maximum atomic E-state index is 14.5. The number of hydrogen-bond acceptors (Lipinski definition) is 5. The summed E-state index contributed by atoms with van der Waals surface area (Å²) in [5, 5.41) is 5.44. The van der Waals surface area contributed by atoms with Gasteiger partial charge < -0.3 is 10.2 Å². The molecule has 0 unspecified atom stereocenters. The molecule has 164 valence electrons. The maximum absolute atomic E-state index is 14.5. The van der Waals surface area contributed by atoms with Crippen molar-refractivity contribution in [2.45, 2.75) is 37.8 Å². The van der Waals surface area contributed by atoms with Gasteiger partial charge in [0.1, 0.15) is 5.82 Å². The third kappa shape index (κ3) is 4.76. The summed E-state index contributed by atoms with van der Waals surface area (Å²) < 4.78 is 43.1. The predicted octanol–water partition coefficient (Wildman–Crippen LogP) is 4.85. The van der Waals surface area contributed by atoms with E-state index in [1.54, 1.807) is 42.5 Å². The highest BCUT2D eigenvalue weighted by molar-refractivity contribution is 7.92. The van der Waals surface area contributed by atoms with Crippen LogP contribution in [-0.4, -0.2) is 33.6 Å². The van der Waals surface area contributed by atoms with E-state index in [9.17, 15) is 12.8 Å². The normalized spacial score (nSPS) is 19.4. The van der Waals surface area contributed by atoms with Crippen molar-refractivity contribution in [3.8, 4) is 10.4 Å². The largest absolute Gasteiger partial charge is 0.368 e. The standard InChI is InChI=1S/C23H26FN3O2S2/c1-15-11-18(22-5-4-10-30-22)6-9-23(15)31(28,29)26-21-12-19(7-8-20(21)24)27-13-16(2)25-17(3)14-27/h4-12,16-17,25-26H,13-14H2,1-3H3/t16-,17+. The van der Waals surface area contributed by atoms with E-state index in [0.717, 1.165) is 29.2 Å². The van der Waals surface area contributed by atoms with Gasteiger partial charge in [-0.25, -0.2) is 12.8 Å². The maximum Gasteiger partial charge on any atom is 0.262 e. The number of nitrogens with zero attached hydrogens (tertiary/aromatic N) is 1. The SMILES string of the molecule is Cc1cc(-c2cccs2)ccc1S(=O)(=O)Nc1cc(N2C[C@@H](C)N[C@@H](C)C2)ccc1F. The van der Waals surface area contributed by atoms with Gasteiger partial charge in [0, 0.05) is 35.7 Å². The van der Waals surface area contributed by atoms with Gasteiger partial charge in [-0.15, -0.1) is 11.3 Å². The van der Waals surface area contributed by atoms with E-state index in [1.165, 1.54) is 6.07 Å². The van der Waals surface area contributed by atoms with Gasteiger partial charge in [0.25, 0.3) is 10.0 Å². The Morgan fingerprint density at radius 1 is 1.10 bits per heavy atom. The van der Waals surface area contributed by atoms with E-state index in [4.69, 9.17) is 0 Å². The third-order valence-corrected chi connectivity index (χ3v) is 7.83. The summed E-state index contributed by atoms with van der Waals surface area (Å²) in [6.07, 6.45) is 0. The number of benzene rings is 2. The molecule has 0 aliphatic carbocycles. The van der Waals surface area contributed by atoms with Crippen LogP contribution in [0, 0.1) is 12.7 Å². The smallest absolute Gasteiger partial charge is 0.262 e. The first kappa shape index (κ1) is 21.8. The number of aryl methyl sites for hydroxylation is 1. The Hall–Kier alpha value is -2.42. The molecule has 0 spiro atoms. The quantitative estimate of drug-likeness (QED) is 0.573. The van der Waals surface area contributed by atoms with Crippen molar-refractivity contribution < 1.29 is 12.8 Å². The Morgan fingerprint density at radius 3 is 2.48 bits per heavy atom. The highest BCUT2D eigenvalue weighted by Gasteiger charge is 2.23. The number of rotatable bonds is 5. The summed E-state index contributed by atoms with van der Waals surface area (Å²) in [4.78, 5) is 3.35. The van der Waals surface area contributed by atoms with Crippen LogP contribution in [0.15, 0.2) is 58.8 Å². The topological polar surface area (TPSA) is 61.4 Å². The first-order valence-electron chi connectivity index (χ1n) is 10.2. The molecule has 2 N–H and O–H groups in total. The Morgan fingerprint density at radius 2 is 1.84 bits per heavy atom. The van der Waals surface area contributed by atoms with Crippen LogP contribution in [0.25, 0.3) is 10.4 Å². The van der Waals surface area contributed by atoms with Gasteiger partial charge in [0.05, 0.1) is 10.6 Å². The molecular weight excluding hydrogens is 433 g/mol. The molecule has 8 heteroatoms. The summed E-state index contributed by atoms with van der Waals surface area (Å²) in [6.45, 7) is 7.48. The van der Waals surface area contributed by atoms with E-state index in [-0.39, 0.29) is 10.6 Å². The summed E-state index contributed by atoms with van der Waals surface area (Å²) >= 11 is 1.59. The van der Waals surface area contributed by atoms with Crippen molar-refractivity contribution in [3.63, 3.8) is 0 Å². The molecule has 1 fully saturated rings. The zero-order chi connectivity index (χ0) is 22.2. The minimum absolute atomic E-state index is 0.0435. The summed E-state index contributed by atoms with van der Waals surface area (Å²) in [5.41, 5.74) is 2.32. The Kier molecular flexibility index (Phi) is 6.05. The minimum atomic E-state index is -3.94. The molecule has 1 saturated heterocycles. The van der Waals surface area contributed by atoms with Gasteiger partial charge in [-0.2, -0.15) is 0 Å². The molecule has 1 aromatic heterocycles. The van der Waals surface area contributed by atoms with Crippen LogP contribution in [0.4, 0.5) is 15.8 Å². The number of nitrogens with one attached hydrogen (secondary N) is 2. The van der Waals surface area contributed by atoms with Crippen LogP contribution in [0.2, 0.25) is 0 Å². The van der Waals surface area contributed by atoms with Gasteiger partial charge >= 0.3 is 0 Å². The first-order chi connectivity index (χ1) is 14.7. The van der Waals surface area contributed by atoms with Crippen LogP contribution < -0.4 is 14.9 Å². The summed E-state index contributed by atoms with van der Waals surface area (Å²) in [6, 6.07) is 14.3. The highest BCUT2D eigenvalue weighted by Crippen LogP contribution is 2.30. The molecule has 0 amide bonds. The lowest BCUT2D eigenvalue weighted by Crippen LogP contribution is -2.54. The Bertz CT molecular complexity index is 1170. The van der Waals surface area contributed by atoms with Crippen molar-refractivity contribution in [2.75, 3.05) is 22.7 Å². The fourth-order valence-corrected chi connectivity index (χ4v) is 6.08. The zero-order valence-corrected chi connectivity index (χ0v) is 19.4. The third-order valence-electron chi connectivity index (χ3n) is 5.39. The van der Waals surface area contributed by atoms with E-state index in [0.29, 0.717) is 17.6 Å². The second kappa shape index (κ2) is 8.61. The van der Waals surface area contributed by atoms with Crippen LogP contribution in [0.5, 0.6) is 0 Å². The van der Waals surface area contributed by atoms with E-state index >= 15 is 0 Å². The molecule has 2 heterocycles. The van der Waals surface area contributed by atoms with Gasteiger partial charge in [-0.05, 0) is 73.7 Å².